The topological polar surface area (TPSA) is 49.3 Å². The first kappa shape index (κ1) is 14.9. The summed E-state index contributed by atoms with van der Waals surface area (Å²) in [6.07, 6.45) is 0.868. The van der Waals surface area contributed by atoms with Crippen LogP contribution in [0.25, 0.3) is 0 Å². The third-order valence-corrected chi connectivity index (χ3v) is 4.78. The summed E-state index contributed by atoms with van der Waals surface area (Å²) in [4.78, 5) is 14.1. The van der Waals surface area contributed by atoms with Gasteiger partial charge in [0.1, 0.15) is 5.75 Å². The van der Waals surface area contributed by atoms with Gasteiger partial charge in [0.25, 0.3) is 0 Å². The number of carbonyl (C=O) groups is 1. The van der Waals surface area contributed by atoms with Crippen molar-refractivity contribution < 1.29 is 9.90 Å². The van der Waals surface area contributed by atoms with E-state index in [9.17, 15) is 9.90 Å². The quantitative estimate of drug-likeness (QED) is 0.805. The Hall–Kier alpha value is -1.46. The van der Waals surface area contributed by atoms with E-state index in [1.807, 2.05) is 24.4 Å². The van der Waals surface area contributed by atoms with Gasteiger partial charge in [-0.1, -0.05) is 12.1 Å². The van der Waals surface area contributed by atoms with Crippen molar-refractivity contribution in [1.82, 2.24) is 5.32 Å². The van der Waals surface area contributed by atoms with Crippen molar-refractivity contribution in [1.29, 1.82) is 0 Å². The molecular formula is C15H17NO2S2. The van der Waals surface area contributed by atoms with Crippen molar-refractivity contribution in [2.45, 2.75) is 23.5 Å². The maximum Gasteiger partial charge on any atom is 0.233 e. The zero-order valence-electron chi connectivity index (χ0n) is 11.2. The summed E-state index contributed by atoms with van der Waals surface area (Å²) in [7, 11) is 0. The number of hydrogen-bond donors (Lipinski definition) is 2. The lowest BCUT2D eigenvalue weighted by Gasteiger charge is -2.11. The van der Waals surface area contributed by atoms with Crippen LogP contribution < -0.4 is 5.32 Å². The monoisotopic (exact) mass is 307 g/mol. The predicted molar refractivity (Wildman–Crippen MR) is 84.5 cm³/mol. The van der Waals surface area contributed by atoms with Gasteiger partial charge in [-0.3, -0.25) is 4.79 Å². The molecule has 0 radical (unpaired) electrons. The minimum atomic E-state index is -0.180. The summed E-state index contributed by atoms with van der Waals surface area (Å²) in [6, 6.07) is 11.0. The molecule has 0 aliphatic rings. The summed E-state index contributed by atoms with van der Waals surface area (Å²) in [5.41, 5.74) is 0. The van der Waals surface area contributed by atoms with Crippen LogP contribution in [0.1, 0.15) is 11.8 Å². The highest BCUT2D eigenvalue weighted by Gasteiger charge is 2.14. The fourth-order valence-electron chi connectivity index (χ4n) is 1.72. The van der Waals surface area contributed by atoms with E-state index in [0.717, 1.165) is 11.3 Å². The molecule has 0 bridgehead atoms. The van der Waals surface area contributed by atoms with Crippen molar-refractivity contribution in [3.05, 3.63) is 46.7 Å². The molecule has 1 amide bonds. The van der Waals surface area contributed by atoms with Gasteiger partial charge in [0, 0.05) is 16.3 Å². The number of nitrogens with one attached hydrogen (secondary N) is 1. The third-order valence-electron chi connectivity index (χ3n) is 2.75. The molecule has 20 heavy (non-hydrogen) atoms. The molecule has 3 nitrogen and oxygen atoms in total. The number of aromatic hydroxyl groups is 1. The fourth-order valence-corrected chi connectivity index (χ4v) is 3.38. The van der Waals surface area contributed by atoms with E-state index in [1.54, 1.807) is 29.5 Å². The van der Waals surface area contributed by atoms with Gasteiger partial charge in [0.15, 0.2) is 0 Å². The number of amides is 1. The molecule has 0 fully saturated rings. The molecule has 0 saturated heterocycles. The van der Waals surface area contributed by atoms with Crippen LogP contribution in [0, 0.1) is 0 Å². The molecule has 1 atom stereocenters. The number of benzene rings is 1. The lowest BCUT2D eigenvalue weighted by Crippen LogP contribution is -2.32. The molecular weight excluding hydrogens is 290 g/mol. The molecule has 1 aromatic carbocycles. The number of rotatable bonds is 6. The highest BCUT2D eigenvalue weighted by molar-refractivity contribution is 8.00. The fraction of sp³-hybridized carbons (Fsp3) is 0.267. The summed E-state index contributed by atoms with van der Waals surface area (Å²) < 4.78 is 0. The van der Waals surface area contributed by atoms with E-state index in [4.69, 9.17) is 0 Å². The van der Waals surface area contributed by atoms with Crippen LogP contribution in [0.4, 0.5) is 0 Å². The number of phenolic OH excluding ortho intramolecular Hbond substituents is 1. The van der Waals surface area contributed by atoms with Gasteiger partial charge in [0.2, 0.25) is 5.91 Å². The van der Waals surface area contributed by atoms with Crippen LogP contribution in [-0.2, 0) is 11.2 Å². The molecule has 5 heteroatoms. The molecule has 0 aliphatic carbocycles. The van der Waals surface area contributed by atoms with E-state index in [-0.39, 0.29) is 16.9 Å². The first-order valence-corrected chi connectivity index (χ1v) is 8.17. The molecule has 2 rings (SSSR count). The first-order valence-electron chi connectivity index (χ1n) is 6.41. The summed E-state index contributed by atoms with van der Waals surface area (Å²) in [5, 5.41) is 14.2. The molecule has 0 spiro atoms. The summed E-state index contributed by atoms with van der Waals surface area (Å²) in [6.45, 7) is 2.53. The van der Waals surface area contributed by atoms with Gasteiger partial charge in [-0.25, -0.2) is 0 Å². The van der Waals surface area contributed by atoms with Crippen molar-refractivity contribution in [2.75, 3.05) is 6.54 Å². The Bertz CT molecular complexity index is 555. The molecule has 1 heterocycles. The Kier molecular flexibility index (Phi) is 5.49. The van der Waals surface area contributed by atoms with Gasteiger partial charge in [-0.15, -0.1) is 23.1 Å². The Morgan fingerprint density at radius 2 is 2.25 bits per heavy atom. The lowest BCUT2D eigenvalue weighted by molar-refractivity contribution is -0.120. The van der Waals surface area contributed by atoms with Gasteiger partial charge in [-0.2, -0.15) is 0 Å². The van der Waals surface area contributed by atoms with Crippen LogP contribution >= 0.6 is 23.1 Å². The van der Waals surface area contributed by atoms with Crippen LogP contribution in [0.3, 0.4) is 0 Å². The number of carbonyl (C=O) groups excluding carboxylic acids is 1. The first-order chi connectivity index (χ1) is 9.65. The Morgan fingerprint density at radius 3 is 2.95 bits per heavy atom. The van der Waals surface area contributed by atoms with Crippen molar-refractivity contribution in [3.63, 3.8) is 0 Å². The SMILES string of the molecule is C[C@@H](Sc1cccc(O)c1)C(=O)NCCc1cccs1. The standard InChI is InChI=1S/C15H17NO2S2/c1-11(20-14-5-2-4-12(17)10-14)15(18)16-8-7-13-6-3-9-19-13/h2-6,9-11,17H,7-8H2,1H3,(H,16,18)/t11-/m1/s1. The Balaban J connectivity index is 1.77. The maximum atomic E-state index is 12.0. The number of thiophene rings is 1. The minimum Gasteiger partial charge on any atom is -0.508 e. The van der Waals surface area contributed by atoms with Gasteiger partial charge < -0.3 is 10.4 Å². The maximum absolute atomic E-state index is 12.0. The van der Waals surface area contributed by atoms with Crippen molar-refractivity contribution >= 4 is 29.0 Å². The molecule has 0 unspecified atom stereocenters. The van der Waals surface area contributed by atoms with E-state index in [1.165, 1.54) is 16.6 Å². The van der Waals surface area contributed by atoms with E-state index in [2.05, 4.69) is 11.4 Å². The Labute approximate surface area is 127 Å². The minimum absolute atomic E-state index is 0.0231. The van der Waals surface area contributed by atoms with Crippen LogP contribution in [0.2, 0.25) is 0 Å². The van der Waals surface area contributed by atoms with Crippen LogP contribution in [0.5, 0.6) is 5.75 Å². The molecule has 106 valence electrons. The molecule has 2 aromatic rings. The average Bonchev–Trinajstić information content (AvgIpc) is 2.91. The second kappa shape index (κ2) is 7.36. The van der Waals surface area contributed by atoms with Crippen LogP contribution in [-0.4, -0.2) is 22.8 Å². The zero-order chi connectivity index (χ0) is 14.4. The van der Waals surface area contributed by atoms with Crippen molar-refractivity contribution in [2.24, 2.45) is 0 Å². The second-order valence-electron chi connectivity index (χ2n) is 4.38. The molecule has 1 aromatic heterocycles. The second-order valence-corrected chi connectivity index (χ2v) is 6.82. The third kappa shape index (κ3) is 4.58. The van der Waals surface area contributed by atoms with E-state index in [0.29, 0.717) is 6.54 Å². The highest BCUT2D eigenvalue weighted by atomic mass is 32.2. The smallest absolute Gasteiger partial charge is 0.233 e. The largest absolute Gasteiger partial charge is 0.508 e. The van der Waals surface area contributed by atoms with Gasteiger partial charge >= 0.3 is 0 Å². The molecule has 2 N–H and O–H groups in total. The Morgan fingerprint density at radius 1 is 1.40 bits per heavy atom. The van der Waals surface area contributed by atoms with Crippen molar-refractivity contribution in [3.8, 4) is 5.75 Å². The van der Waals surface area contributed by atoms with Gasteiger partial charge in [0.05, 0.1) is 5.25 Å². The summed E-state index contributed by atoms with van der Waals surface area (Å²) in [5.74, 6) is 0.246. The summed E-state index contributed by atoms with van der Waals surface area (Å²) >= 11 is 3.15. The normalized spacial score (nSPS) is 12.1. The number of thioether (sulfide) groups is 1. The zero-order valence-corrected chi connectivity index (χ0v) is 12.8. The van der Waals surface area contributed by atoms with E-state index < -0.39 is 0 Å². The van der Waals surface area contributed by atoms with Gasteiger partial charge in [-0.05, 0) is 43.0 Å². The highest BCUT2D eigenvalue weighted by Crippen LogP contribution is 2.26. The van der Waals surface area contributed by atoms with Crippen LogP contribution in [0.15, 0.2) is 46.7 Å². The number of phenols is 1. The molecule has 0 aliphatic heterocycles. The predicted octanol–water partition coefficient (Wildman–Crippen LogP) is 3.29. The molecule has 0 saturated carbocycles. The van der Waals surface area contributed by atoms with E-state index >= 15 is 0 Å². The lowest BCUT2D eigenvalue weighted by atomic mass is 10.3. The average molecular weight is 307 g/mol. The number of hydrogen-bond acceptors (Lipinski definition) is 4.